The molecule has 3 rings (SSSR count). The Morgan fingerprint density at radius 3 is 2.62 bits per heavy atom. The monoisotopic (exact) mass is 323 g/mol. The van der Waals surface area contributed by atoms with Gasteiger partial charge in [0.15, 0.2) is 11.5 Å². The van der Waals surface area contributed by atoms with Gasteiger partial charge in [0.05, 0.1) is 19.0 Å². The lowest BCUT2D eigenvalue weighted by atomic mass is 10.1. The number of hydrogen-bond donors (Lipinski definition) is 2. The molecule has 0 fully saturated rings. The highest BCUT2D eigenvalue weighted by molar-refractivity contribution is 5.62. The van der Waals surface area contributed by atoms with Crippen LogP contribution in [0, 0.1) is 6.92 Å². The predicted molar refractivity (Wildman–Crippen MR) is 95.4 cm³/mol. The molecule has 2 aromatic carbocycles. The number of methoxy groups -OCH3 is 1. The maximum absolute atomic E-state index is 9.65. The van der Waals surface area contributed by atoms with Crippen molar-refractivity contribution < 1.29 is 9.84 Å². The molecule has 2 N–H and O–H groups in total. The van der Waals surface area contributed by atoms with Crippen molar-refractivity contribution in [2.45, 2.75) is 13.5 Å². The lowest BCUT2D eigenvalue weighted by molar-refractivity contribution is 0.373. The highest BCUT2D eigenvalue weighted by atomic mass is 16.5. The maximum Gasteiger partial charge on any atom is 0.203 e. The first-order chi connectivity index (χ1) is 11.6. The Kier molecular flexibility index (Phi) is 4.42. The number of benzene rings is 2. The van der Waals surface area contributed by atoms with Crippen LogP contribution in [-0.4, -0.2) is 21.8 Å². The van der Waals surface area contributed by atoms with Gasteiger partial charge in [-0.1, -0.05) is 35.9 Å². The minimum atomic E-state index is 0.139. The van der Waals surface area contributed by atoms with Gasteiger partial charge in [0, 0.05) is 13.6 Å². The summed E-state index contributed by atoms with van der Waals surface area (Å²) < 4.78 is 7.16. The molecule has 0 saturated heterocycles. The molecule has 1 aromatic heterocycles. The molecule has 3 aromatic rings. The van der Waals surface area contributed by atoms with Crippen molar-refractivity contribution in [3.8, 4) is 22.8 Å². The summed E-state index contributed by atoms with van der Waals surface area (Å²) in [5.74, 6) is 1.40. The lowest BCUT2D eigenvalue weighted by Crippen LogP contribution is -2.05. The van der Waals surface area contributed by atoms with Crippen molar-refractivity contribution in [3.05, 3.63) is 59.8 Å². The number of phenols is 1. The van der Waals surface area contributed by atoms with Gasteiger partial charge in [-0.25, -0.2) is 4.98 Å². The number of aryl methyl sites for hydroxylation is 1. The van der Waals surface area contributed by atoms with Gasteiger partial charge in [-0.2, -0.15) is 0 Å². The second-order valence-corrected chi connectivity index (χ2v) is 5.75. The number of rotatable bonds is 5. The molecule has 0 radical (unpaired) electrons. The van der Waals surface area contributed by atoms with E-state index in [1.807, 2.05) is 29.9 Å². The molecule has 5 nitrogen and oxygen atoms in total. The van der Waals surface area contributed by atoms with E-state index in [2.05, 4.69) is 41.5 Å². The summed E-state index contributed by atoms with van der Waals surface area (Å²) in [6.45, 7) is 2.67. The molecular weight excluding hydrogens is 302 g/mol. The zero-order valence-corrected chi connectivity index (χ0v) is 14.1. The van der Waals surface area contributed by atoms with E-state index in [0.29, 0.717) is 12.3 Å². The molecule has 0 unspecified atom stereocenters. The van der Waals surface area contributed by atoms with Crippen molar-refractivity contribution >= 4 is 5.95 Å². The zero-order chi connectivity index (χ0) is 17.1. The fourth-order valence-electron chi connectivity index (χ4n) is 2.58. The van der Waals surface area contributed by atoms with Gasteiger partial charge in [0.2, 0.25) is 5.95 Å². The Hall–Kier alpha value is -2.95. The summed E-state index contributed by atoms with van der Waals surface area (Å²) >= 11 is 0. The number of aromatic hydroxyl groups is 1. The number of hydrogen-bond acceptors (Lipinski definition) is 4. The fourth-order valence-corrected chi connectivity index (χ4v) is 2.58. The van der Waals surface area contributed by atoms with E-state index in [-0.39, 0.29) is 5.75 Å². The van der Waals surface area contributed by atoms with Crippen molar-refractivity contribution in [2.24, 2.45) is 7.05 Å². The third kappa shape index (κ3) is 3.20. The normalized spacial score (nSPS) is 10.6. The van der Waals surface area contributed by atoms with Gasteiger partial charge in [-0.05, 0) is 30.2 Å². The summed E-state index contributed by atoms with van der Waals surface area (Å²) in [7, 11) is 3.53. The first-order valence-electron chi connectivity index (χ1n) is 7.77. The van der Waals surface area contributed by atoms with Crippen LogP contribution >= 0.6 is 0 Å². The molecular formula is C19H21N3O2. The Bertz CT molecular complexity index is 838. The molecule has 0 aliphatic heterocycles. The molecule has 0 amide bonds. The lowest BCUT2D eigenvalue weighted by Gasteiger charge is -2.10. The van der Waals surface area contributed by atoms with Crippen LogP contribution in [0.15, 0.2) is 48.7 Å². The van der Waals surface area contributed by atoms with Crippen LogP contribution in [0.1, 0.15) is 11.1 Å². The summed E-state index contributed by atoms with van der Waals surface area (Å²) in [5, 5.41) is 13.0. The number of anilines is 1. The van der Waals surface area contributed by atoms with Gasteiger partial charge in [0.1, 0.15) is 0 Å². The summed E-state index contributed by atoms with van der Waals surface area (Å²) in [5.41, 5.74) is 4.43. The third-order valence-corrected chi connectivity index (χ3v) is 4.03. The van der Waals surface area contributed by atoms with Gasteiger partial charge < -0.3 is 19.7 Å². The van der Waals surface area contributed by atoms with E-state index in [9.17, 15) is 5.11 Å². The number of nitrogens with one attached hydrogen (secondary N) is 1. The number of phenolic OH excluding ortho intramolecular Hbond substituents is 1. The molecule has 0 bridgehead atoms. The van der Waals surface area contributed by atoms with E-state index in [0.717, 1.165) is 22.8 Å². The Labute approximate surface area is 141 Å². The van der Waals surface area contributed by atoms with Crippen molar-refractivity contribution in [1.29, 1.82) is 0 Å². The first kappa shape index (κ1) is 15.9. The molecule has 0 atom stereocenters. The number of ether oxygens (including phenoxy) is 1. The Balaban J connectivity index is 1.76. The zero-order valence-electron chi connectivity index (χ0n) is 14.1. The van der Waals surface area contributed by atoms with Crippen molar-refractivity contribution in [3.63, 3.8) is 0 Å². The molecule has 0 aliphatic rings. The van der Waals surface area contributed by atoms with Gasteiger partial charge >= 0.3 is 0 Å². The van der Waals surface area contributed by atoms with E-state index in [1.54, 1.807) is 13.2 Å². The number of imidazole rings is 1. The van der Waals surface area contributed by atoms with E-state index in [1.165, 1.54) is 5.56 Å². The Morgan fingerprint density at radius 1 is 1.17 bits per heavy atom. The second kappa shape index (κ2) is 6.66. The second-order valence-electron chi connectivity index (χ2n) is 5.75. The fraction of sp³-hybridized carbons (Fsp3) is 0.211. The van der Waals surface area contributed by atoms with Crippen molar-refractivity contribution in [2.75, 3.05) is 12.4 Å². The molecule has 24 heavy (non-hydrogen) atoms. The average Bonchev–Trinajstić information content (AvgIpc) is 2.96. The molecule has 0 aliphatic carbocycles. The van der Waals surface area contributed by atoms with Crippen LogP contribution in [0.4, 0.5) is 5.95 Å². The van der Waals surface area contributed by atoms with Gasteiger partial charge in [-0.15, -0.1) is 0 Å². The van der Waals surface area contributed by atoms with Gasteiger partial charge in [-0.3, -0.25) is 0 Å². The minimum Gasteiger partial charge on any atom is -0.504 e. The van der Waals surface area contributed by atoms with Crippen LogP contribution in [0.3, 0.4) is 0 Å². The minimum absolute atomic E-state index is 0.139. The smallest absolute Gasteiger partial charge is 0.203 e. The van der Waals surface area contributed by atoms with Crippen molar-refractivity contribution in [1.82, 2.24) is 9.55 Å². The maximum atomic E-state index is 9.65. The highest BCUT2D eigenvalue weighted by Gasteiger charge is 2.09. The summed E-state index contributed by atoms with van der Waals surface area (Å²) in [6, 6.07) is 13.7. The van der Waals surface area contributed by atoms with E-state index >= 15 is 0 Å². The molecule has 0 saturated carbocycles. The highest BCUT2D eigenvalue weighted by Crippen LogP contribution is 2.27. The van der Waals surface area contributed by atoms with Crippen LogP contribution in [0.25, 0.3) is 11.3 Å². The Morgan fingerprint density at radius 2 is 1.92 bits per heavy atom. The predicted octanol–water partition coefficient (Wildman–Crippen LogP) is 3.72. The molecule has 1 heterocycles. The molecule has 0 spiro atoms. The first-order valence-corrected chi connectivity index (χ1v) is 7.77. The van der Waals surface area contributed by atoms with Gasteiger partial charge in [0.25, 0.3) is 0 Å². The molecule has 124 valence electrons. The summed E-state index contributed by atoms with van der Waals surface area (Å²) in [4.78, 5) is 4.46. The molecule has 5 heteroatoms. The van der Waals surface area contributed by atoms with E-state index in [4.69, 9.17) is 4.74 Å². The third-order valence-electron chi connectivity index (χ3n) is 4.03. The van der Waals surface area contributed by atoms with Crippen LogP contribution < -0.4 is 10.1 Å². The standard InChI is InChI=1S/C19H21N3O2/c1-13-4-7-15(8-5-13)16-12-21-19(22(16)2)20-11-14-6-9-17(23)18(10-14)24-3/h4-10,12,23H,11H2,1-3H3,(H,20,21). The summed E-state index contributed by atoms with van der Waals surface area (Å²) in [6.07, 6.45) is 1.87. The SMILES string of the molecule is COc1cc(CNc2ncc(-c3ccc(C)cc3)n2C)ccc1O. The largest absolute Gasteiger partial charge is 0.504 e. The topological polar surface area (TPSA) is 59.3 Å². The number of nitrogens with zero attached hydrogens (tertiary/aromatic N) is 2. The quantitative estimate of drug-likeness (QED) is 0.751. The number of aromatic nitrogens is 2. The van der Waals surface area contributed by atoms with Crippen LogP contribution in [-0.2, 0) is 13.6 Å². The van der Waals surface area contributed by atoms with Crippen LogP contribution in [0.5, 0.6) is 11.5 Å². The van der Waals surface area contributed by atoms with E-state index < -0.39 is 0 Å². The van der Waals surface area contributed by atoms with Crippen LogP contribution in [0.2, 0.25) is 0 Å². The average molecular weight is 323 g/mol.